The highest BCUT2D eigenvalue weighted by Crippen LogP contribution is 2.22. The molecule has 2 amide bonds. The Morgan fingerprint density at radius 2 is 2.00 bits per heavy atom. The molecule has 0 radical (unpaired) electrons. The van der Waals surface area contributed by atoms with Crippen molar-refractivity contribution in [2.75, 3.05) is 20.2 Å². The van der Waals surface area contributed by atoms with Gasteiger partial charge in [-0.3, -0.25) is 9.59 Å². The molecular formula is C17H26ClN3O3. The van der Waals surface area contributed by atoms with E-state index in [1.54, 1.807) is 12.0 Å². The maximum Gasteiger partial charge on any atom is 0.225 e. The highest BCUT2D eigenvalue weighted by Gasteiger charge is 2.35. The molecule has 7 heteroatoms. The summed E-state index contributed by atoms with van der Waals surface area (Å²) in [7, 11) is 1.62. The van der Waals surface area contributed by atoms with Crippen molar-refractivity contribution in [1.82, 2.24) is 10.2 Å². The van der Waals surface area contributed by atoms with Crippen molar-refractivity contribution in [3.63, 3.8) is 0 Å². The lowest BCUT2D eigenvalue weighted by Crippen LogP contribution is -2.51. The van der Waals surface area contributed by atoms with Crippen LogP contribution in [0.5, 0.6) is 5.75 Å². The normalized spacial score (nSPS) is 17.4. The maximum atomic E-state index is 12.3. The number of likely N-dealkylation sites (tertiary alicyclic amines) is 1. The molecule has 0 saturated carbocycles. The number of nitrogens with one attached hydrogen (secondary N) is 1. The van der Waals surface area contributed by atoms with E-state index in [0.717, 1.165) is 11.3 Å². The van der Waals surface area contributed by atoms with Crippen molar-refractivity contribution < 1.29 is 14.3 Å². The first kappa shape index (κ1) is 20.3. The second-order valence-electron chi connectivity index (χ2n) is 6.60. The lowest BCUT2D eigenvalue weighted by molar-refractivity contribution is -0.129. The molecular weight excluding hydrogens is 330 g/mol. The smallest absolute Gasteiger partial charge is 0.225 e. The van der Waals surface area contributed by atoms with Crippen LogP contribution in [0, 0.1) is 5.92 Å². The summed E-state index contributed by atoms with van der Waals surface area (Å²) in [5.41, 5.74) is 6.19. The van der Waals surface area contributed by atoms with Crippen LogP contribution in [0.1, 0.15) is 25.8 Å². The first-order valence-corrected chi connectivity index (χ1v) is 7.77. The van der Waals surface area contributed by atoms with Gasteiger partial charge in [-0.05, 0) is 31.5 Å². The van der Waals surface area contributed by atoms with E-state index in [9.17, 15) is 9.59 Å². The summed E-state index contributed by atoms with van der Waals surface area (Å²) in [4.78, 5) is 26.2. The van der Waals surface area contributed by atoms with Gasteiger partial charge in [0.1, 0.15) is 5.75 Å². The van der Waals surface area contributed by atoms with Crippen molar-refractivity contribution in [2.24, 2.45) is 11.7 Å². The average molecular weight is 356 g/mol. The van der Waals surface area contributed by atoms with Crippen molar-refractivity contribution >= 4 is 24.2 Å². The largest absolute Gasteiger partial charge is 0.497 e. The Morgan fingerprint density at radius 3 is 2.54 bits per heavy atom. The number of rotatable bonds is 6. The van der Waals surface area contributed by atoms with E-state index in [1.165, 1.54) is 0 Å². The summed E-state index contributed by atoms with van der Waals surface area (Å²) >= 11 is 0. The van der Waals surface area contributed by atoms with E-state index in [0.29, 0.717) is 19.6 Å². The van der Waals surface area contributed by atoms with Gasteiger partial charge in [0.2, 0.25) is 11.8 Å². The van der Waals surface area contributed by atoms with Gasteiger partial charge in [0, 0.05) is 31.6 Å². The highest BCUT2D eigenvalue weighted by atomic mass is 35.5. The minimum atomic E-state index is -0.455. The molecule has 1 aliphatic rings. The molecule has 24 heavy (non-hydrogen) atoms. The Labute approximate surface area is 149 Å². The van der Waals surface area contributed by atoms with Gasteiger partial charge in [0.15, 0.2) is 0 Å². The lowest BCUT2D eigenvalue weighted by atomic mass is 10.0. The van der Waals surface area contributed by atoms with E-state index in [2.05, 4.69) is 5.32 Å². The van der Waals surface area contributed by atoms with Gasteiger partial charge >= 0.3 is 0 Å². The minimum absolute atomic E-state index is 0. The number of carbonyl (C=O) groups is 2. The van der Waals surface area contributed by atoms with Gasteiger partial charge in [-0.15, -0.1) is 12.4 Å². The SMILES string of the molecule is COc1ccc(CN2CC(C(=O)NC(C)(C)CN)CC2=O)cc1.Cl. The Hall–Kier alpha value is -1.79. The molecule has 1 fully saturated rings. The van der Waals surface area contributed by atoms with E-state index < -0.39 is 5.54 Å². The molecule has 1 aliphatic heterocycles. The first-order chi connectivity index (χ1) is 10.8. The van der Waals surface area contributed by atoms with Crippen LogP contribution in [0.2, 0.25) is 0 Å². The zero-order chi connectivity index (χ0) is 17.0. The number of carbonyl (C=O) groups excluding carboxylic acids is 2. The van der Waals surface area contributed by atoms with E-state index >= 15 is 0 Å². The molecule has 1 unspecified atom stereocenters. The molecule has 0 aliphatic carbocycles. The number of nitrogens with zero attached hydrogens (tertiary/aromatic N) is 1. The zero-order valence-electron chi connectivity index (χ0n) is 14.4. The quantitative estimate of drug-likeness (QED) is 0.806. The molecule has 1 atom stereocenters. The molecule has 1 saturated heterocycles. The van der Waals surface area contributed by atoms with Crippen molar-refractivity contribution in [3.05, 3.63) is 29.8 Å². The molecule has 134 valence electrons. The third-order valence-electron chi connectivity index (χ3n) is 4.09. The standard InChI is InChI=1S/C17H25N3O3.ClH/c1-17(2,11-18)19-16(22)13-8-15(21)20(10-13)9-12-4-6-14(23-3)7-5-12;/h4-7,13H,8-11,18H2,1-3H3,(H,19,22);1H. The Morgan fingerprint density at radius 1 is 1.38 bits per heavy atom. The summed E-state index contributed by atoms with van der Waals surface area (Å²) in [6.07, 6.45) is 0.253. The molecule has 0 spiro atoms. The summed E-state index contributed by atoms with van der Waals surface area (Å²) in [5, 5.41) is 2.91. The number of amides is 2. The Kier molecular flexibility index (Phi) is 7.05. The molecule has 1 aromatic rings. The number of nitrogens with two attached hydrogens (primary N) is 1. The van der Waals surface area contributed by atoms with Crippen LogP contribution in [0.4, 0.5) is 0 Å². The van der Waals surface area contributed by atoms with Crippen LogP contribution in [-0.4, -0.2) is 42.5 Å². The first-order valence-electron chi connectivity index (χ1n) is 7.77. The third-order valence-corrected chi connectivity index (χ3v) is 4.09. The van der Waals surface area contributed by atoms with E-state index in [4.69, 9.17) is 10.5 Å². The predicted molar refractivity (Wildman–Crippen MR) is 95.0 cm³/mol. The van der Waals surface area contributed by atoms with Gasteiger partial charge in [0.25, 0.3) is 0 Å². The van der Waals surface area contributed by atoms with Crippen molar-refractivity contribution in [2.45, 2.75) is 32.4 Å². The Balaban J connectivity index is 0.00000288. The van der Waals surface area contributed by atoms with Gasteiger partial charge in [-0.25, -0.2) is 0 Å². The second kappa shape index (κ2) is 8.35. The summed E-state index contributed by atoms with van der Waals surface area (Å²) < 4.78 is 5.12. The number of benzene rings is 1. The summed E-state index contributed by atoms with van der Waals surface area (Å²) in [6.45, 7) is 5.05. The van der Waals surface area contributed by atoms with Crippen LogP contribution in [0.15, 0.2) is 24.3 Å². The van der Waals surface area contributed by atoms with Gasteiger partial charge in [0.05, 0.1) is 13.0 Å². The number of hydrogen-bond acceptors (Lipinski definition) is 4. The van der Waals surface area contributed by atoms with Crippen LogP contribution >= 0.6 is 12.4 Å². The molecule has 2 rings (SSSR count). The monoisotopic (exact) mass is 355 g/mol. The molecule has 0 aromatic heterocycles. The average Bonchev–Trinajstić information content (AvgIpc) is 2.89. The fourth-order valence-electron chi connectivity index (χ4n) is 2.54. The number of halogens is 1. The lowest BCUT2D eigenvalue weighted by Gasteiger charge is -2.26. The molecule has 3 N–H and O–H groups in total. The van der Waals surface area contributed by atoms with Crippen LogP contribution in [0.3, 0.4) is 0 Å². The van der Waals surface area contributed by atoms with Crippen LogP contribution < -0.4 is 15.8 Å². The van der Waals surface area contributed by atoms with Crippen molar-refractivity contribution in [1.29, 1.82) is 0 Å². The van der Waals surface area contributed by atoms with Gasteiger partial charge in [-0.1, -0.05) is 12.1 Å². The van der Waals surface area contributed by atoms with Gasteiger partial charge < -0.3 is 20.7 Å². The molecule has 6 nitrogen and oxygen atoms in total. The Bertz CT molecular complexity index is 575. The van der Waals surface area contributed by atoms with E-state index in [-0.39, 0.29) is 36.6 Å². The number of ether oxygens (including phenoxy) is 1. The number of methoxy groups -OCH3 is 1. The predicted octanol–water partition coefficient (Wildman–Crippen LogP) is 1.32. The van der Waals surface area contributed by atoms with Crippen LogP contribution in [0.25, 0.3) is 0 Å². The third kappa shape index (κ3) is 5.11. The minimum Gasteiger partial charge on any atom is -0.497 e. The molecule has 0 bridgehead atoms. The summed E-state index contributed by atoms with van der Waals surface area (Å²) in [6, 6.07) is 7.59. The van der Waals surface area contributed by atoms with Crippen molar-refractivity contribution in [3.8, 4) is 5.75 Å². The topological polar surface area (TPSA) is 84.7 Å². The van der Waals surface area contributed by atoms with Gasteiger partial charge in [-0.2, -0.15) is 0 Å². The fourth-order valence-corrected chi connectivity index (χ4v) is 2.54. The highest BCUT2D eigenvalue weighted by molar-refractivity contribution is 5.89. The van der Waals surface area contributed by atoms with E-state index in [1.807, 2.05) is 38.1 Å². The maximum absolute atomic E-state index is 12.3. The second-order valence-corrected chi connectivity index (χ2v) is 6.60. The fraction of sp³-hybridized carbons (Fsp3) is 0.529. The van der Waals surface area contributed by atoms with Crippen LogP contribution in [-0.2, 0) is 16.1 Å². The summed E-state index contributed by atoms with van der Waals surface area (Å²) in [5.74, 6) is 0.367. The molecule has 1 aromatic carbocycles. The number of hydrogen-bond donors (Lipinski definition) is 2. The molecule has 1 heterocycles. The zero-order valence-corrected chi connectivity index (χ0v) is 15.2.